The fourth-order valence-electron chi connectivity index (χ4n) is 5.90. The van der Waals surface area contributed by atoms with Crippen LogP contribution in [0.4, 0.5) is 20.3 Å². The number of aromatic nitrogens is 3. The number of sulfone groups is 1. The average Bonchev–Trinajstić information content (AvgIpc) is 2.99. The van der Waals surface area contributed by atoms with Crippen LogP contribution in [0.25, 0.3) is 28.0 Å². The minimum atomic E-state index is -3.97. The lowest BCUT2D eigenvalue weighted by molar-refractivity contribution is -0.126. The molecular weight excluding hydrogens is 667 g/mol. The van der Waals surface area contributed by atoms with Crippen molar-refractivity contribution >= 4 is 48.3 Å². The fraction of sp³-hybridized carbons (Fsp3) is 0.312. The quantitative estimate of drug-likeness (QED) is 0.270. The van der Waals surface area contributed by atoms with E-state index in [2.05, 4.69) is 21.3 Å². The Bertz CT molecular complexity index is 2260. The first-order chi connectivity index (χ1) is 22.4. The number of anilines is 2. The highest BCUT2D eigenvalue weighted by atomic mass is 32.2. The lowest BCUT2D eigenvalue weighted by Crippen LogP contribution is -2.54. The normalized spacial score (nSPS) is 15.6. The zero-order chi connectivity index (χ0) is 35.3. The maximum atomic E-state index is 16.3. The minimum absolute atomic E-state index is 0.00170. The molecule has 0 radical (unpaired) electrons. The van der Waals surface area contributed by atoms with Crippen molar-refractivity contribution < 1.29 is 30.4 Å². The number of para-hydroxylation sites is 1. The topological polar surface area (TPSA) is 152 Å². The van der Waals surface area contributed by atoms with Gasteiger partial charge < -0.3 is 9.80 Å². The predicted octanol–water partition coefficient (Wildman–Crippen LogP) is 3.85. The number of piperazine rings is 1. The van der Waals surface area contributed by atoms with Gasteiger partial charge in [0.05, 0.1) is 33.5 Å². The average molecular weight is 701 g/mol. The van der Waals surface area contributed by atoms with E-state index in [1.165, 1.54) is 30.3 Å². The van der Waals surface area contributed by atoms with Crippen LogP contribution in [0.5, 0.6) is 0 Å². The number of sulfonamides is 1. The number of hydrogen-bond acceptors (Lipinski definition) is 9. The van der Waals surface area contributed by atoms with Gasteiger partial charge in [0.15, 0.2) is 21.3 Å². The van der Waals surface area contributed by atoms with Crippen molar-refractivity contribution in [3.8, 4) is 16.9 Å². The van der Waals surface area contributed by atoms with Crippen LogP contribution in [0, 0.1) is 11.6 Å². The van der Waals surface area contributed by atoms with Gasteiger partial charge in [0.1, 0.15) is 17.3 Å². The molecule has 1 fully saturated rings. The van der Waals surface area contributed by atoms with Crippen LogP contribution in [0.1, 0.15) is 32.3 Å². The van der Waals surface area contributed by atoms with Crippen molar-refractivity contribution in [2.24, 2.45) is 0 Å². The molecule has 4 aromatic rings. The Morgan fingerprint density at radius 3 is 2.33 bits per heavy atom. The van der Waals surface area contributed by atoms with Gasteiger partial charge in [-0.1, -0.05) is 38.6 Å². The molecule has 1 saturated heterocycles. The van der Waals surface area contributed by atoms with Crippen molar-refractivity contribution in [3.63, 3.8) is 0 Å². The van der Waals surface area contributed by atoms with E-state index in [9.17, 15) is 26.4 Å². The Labute approximate surface area is 276 Å². The largest absolute Gasteiger partial charge is 0.355 e. The summed E-state index contributed by atoms with van der Waals surface area (Å²) in [5.41, 5.74) is -2.25. The number of carbonyl (C=O) groups is 1. The Morgan fingerprint density at radius 2 is 1.73 bits per heavy atom. The highest BCUT2D eigenvalue weighted by Gasteiger charge is 2.32. The summed E-state index contributed by atoms with van der Waals surface area (Å²) in [6.07, 6.45) is 3.03. The zero-order valence-electron chi connectivity index (χ0n) is 26.9. The summed E-state index contributed by atoms with van der Waals surface area (Å²) in [7, 11) is -7.92. The second kappa shape index (κ2) is 12.7. The van der Waals surface area contributed by atoms with E-state index >= 15 is 8.78 Å². The number of amides is 1. The van der Waals surface area contributed by atoms with Crippen LogP contribution in [0.15, 0.2) is 64.8 Å². The lowest BCUT2D eigenvalue weighted by atomic mass is 10.0. The van der Waals surface area contributed by atoms with Crippen molar-refractivity contribution in [3.05, 3.63) is 82.8 Å². The molecule has 5 rings (SSSR count). The number of carbonyl (C=O) groups excluding carboxylic acids is 1. The monoisotopic (exact) mass is 700 g/mol. The number of nitrogens with one attached hydrogen (secondary N) is 1. The van der Waals surface area contributed by atoms with Crippen LogP contribution >= 0.6 is 0 Å². The molecule has 2 aromatic heterocycles. The molecule has 1 N–H and O–H groups in total. The number of nitrogens with zero attached hydrogens (tertiary/aromatic N) is 5. The third kappa shape index (κ3) is 6.54. The second-order valence-corrected chi connectivity index (χ2v) is 15.7. The molecule has 0 unspecified atom stereocenters. The van der Waals surface area contributed by atoms with Gasteiger partial charge in [-0.15, -0.1) is 0 Å². The van der Waals surface area contributed by atoms with Crippen LogP contribution in [0.2, 0.25) is 0 Å². The molecule has 16 heteroatoms. The van der Waals surface area contributed by atoms with Gasteiger partial charge in [-0.3, -0.25) is 9.52 Å². The summed E-state index contributed by atoms with van der Waals surface area (Å²) in [6.45, 7) is 9.58. The van der Waals surface area contributed by atoms with Gasteiger partial charge in [0.2, 0.25) is 15.9 Å². The summed E-state index contributed by atoms with van der Waals surface area (Å²) < 4.78 is 85.4. The van der Waals surface area contributed by atoms with E-state index in [-0.39, 0.29) is 64.6 Å². The van der Waals surface area contributed by atoms with Crippen molar-refractivity contribution in [2.45, 2.75) is 37.6 Å². The molecule has 1 aliphatic rings. The highest BCUT2D eigenvalue weighted by molar-refractivity contribution is 7.92. The zero-order valence-corrected chi connectivity index (χ0v) is 28.5. The number of benzene rings is 2. The van der Waals surface area contributed by atoms with Gasteiger partial charge in [0.25, 0.3) is 0 Å². The Hall–Kier alpha value is -4.70. The van der Waals surface area contributed by atoms with Gasteiger partial charge in [0, 0.05) is 31.9 Å². The summed E-state index contributed by atoms with van der Waals surface area (Å²) in [5.74, 6) is -2.64. The number of pyridine rings is 1. The Kier molecular flexibility index (Phi) is 9.18. The van der Waals surface area contributed by atoms with Gasteiger partial charge in [-0.25, -0.2) is 40.0 Å². The van der Waals surface area contributed by atoms with Crippen molar-refractivity contribution in [1.29, 1.82) is 0 Å². The van der Waals surface area contributed by atoms with E-state index in [1.807, 2.05) is 0 Å². The van der Waals surface area contributed by atoms with Crippen molar-refractivity contribution in [1.82, 2.24) is 19.4 Å². The smallest absolute Gasteiger partial charge is 0.350 e. The van der Waals surface area contributed by atoms with E-state index in [0.29, 0.717) is 5.56 Å². The maximum absolute atomic E-state index is 16.3. The first kappa shape index (κ1) is 34.6. The molecular formula is C32H34F2N6O6S2. The third-order valence-electron chi connectivity index (χ3n) is 8.01. The summed E-state index contributed by atoms with van der Waals surface area (Å²) in [5, 5.41) is -0.00170. The van der Waals surface area contributed by atoms with Crippen LogP contribution in [-0.4, -0.2) is 80.4 Å². The summed E-state index contributed by atoms with van der Waals surface area (Å²) in [4.78, 5) is 38.4. The second-order valence-electron chi connectivity index (χ2n) is 11.9. The van der Waals surface area contributed by atoms with E-state index < -0.39 is 54.5 Å². The SMILES string of the molecule is C=CC(=O)N1CCN(c2nc(=O)n(-c3c(C(C)C)cccc3S(C)(=O)=O)c3nc(-c4c(F)cccc4NS(C)(=O)=O)c(F)cc23)[C@@H](C)C1. The van der Waals surface area contributed by atoms with E-state index in [4.69, 9.17) is 0 Å². The highest BCUT2D eigenvalue weighted by Crippen LogP contribution is 2.37. The summed E-state index contributed by atoms with van der Waals surface area (Å²) in [6, 6.07) is 8.58. The standard InChI is InChI=1S/C32H34F2N6O6S2/c1-7-26(41)38-14-15-39(19(4)17-38)30-21-16-23(34)28(27-22(33)11-9-12-24(27)37-48(6,45)46)35-31(21)40(32(42)36-30)29-20(18(2)3)10-8-13-25(29)47(5,43)44/h7-13,16,18-19,37H,1,14-15,17H2,2-6H3/t19-/m0/s1. The third-order valence-corrected chi connectivity index (χ3v) is 9.73. The Morgan fingerprint density at radius 1 is 1.04 bits per heavy atom. The summed E-state index contributed by atoms with van der Waals surface area (Å²) >= 11 is 0. The minimum Gasteiger partial charge on any atom is -0.350 e. The first-order valence-corrected chi connectivity index (χ1v) is 18.6. The van der Waals surface area contributed by atoms with Crippen LogP contribution in [-0.2, 0) is 24.7 Å². The fourth-order valence-corrected chi connectivity index (χ4v) is 7.35. The molecule has 1 atom stereocenters. The lowest BCUT2D eigenvalue weighted by Gasteiger charge is -2.40. The van der Waals surface area contributed by atoms with Gasteiger partial charge in [-0.05, 0) is 48.7 Å². The molecule has 2 aromatic carbocycles. The molecule has 3 heterocycles. The number of rotatable bonds is 8. The number of hydrogen-bond donors (Lipinski definition) is 1. The van der Waals surface area contributed by atoms with Gasteiger partial charge in [-0.2, -0.15) is 4.98 Å². The van der Waals surface area contributed by atoms with Crippen LogP contribution in [0.3, 0.4) is 0 Å². The molecule has 0 bridgehead atoms. The predicted molar refractivity (Wildman–Crippen MR) is 180 cm³/mol. The molecule has 1 aliphatic heterocycles. The first-order valence-electron chi connectivity index (χ1n) is 14.8. The number of fused-ring (bicyclic) bond motifs is 1. The molecule has 0 aliphatic carbocycles. The number of halogens is 2. The van der Waals surface area contributed by atoms with Crippen molar-refractivity contribution in [2.75, 3.05) is 41.8 Å². The molecule has 254 valence electrons. The molecule has 1 amide bonds. The van der Waals surface area contributed by atoms with Crippen LogP contribution < -0.4 is 15.3 Å². The molecule has 0 saturated carbocycles. The van der Waals surface area contributed by atoms with Gasteiger partial charge >= 0.3 is 5.69 Å². The Balaban J connectivity index is 1.91. The molecule has 0 spiro atoms. The maximum Gasteiger partial charge on any atom is 0.355 e. The van der Waals surface area contributed by atoms with E-state index in [1.54, 1.807) is 36.6 Å². The van der Waals surface area contributed by atoms with E-state index in [0.717, 1.165) is 29.2 Å². The molecule has 12 nitrogen and oxygen atoms in total. The molecule has 48 heavy (non-hydrogen) atoms.